The summed E-state index contributed by atoms with van der Waals surface area (Å²) in [7, 11) is 0. The molecule has 0 saturated carbocycles. The molecule has 1 N–H and O–H groups in total. The molecule has 0 heterocycles. The summed E-state index contributed by atoms with van der Waals surface area (Å²) in [6.45, 7) is 8.33. The number of amides is 1. The molecule has 28 heavy (non-hydrogen) atoms. The van der Waals surface area contributed by atoms with Gasteiger partial charge in [0.15, 0.2) is 5.78 Å². The third kappa shape index (κ3) is 4.37. The van der Waals surface area contributed by atoms with Crippen molar-refractivity contribution < 1.29 is 9.59 Å². The van der Waals surface area contributed by atoms with E-state index in [9.17, 15) is 9.59 Å². The maximum Gasteiger partial charge on any atom is 0.255 e. The molecule has 142 valence electrons. The number of hydrogen-bond donors (Lipinski definition) is 1. The molecule has 0 fully saturated rings. The third-order valence-corrected chi connectivity index (χ3v) is 4.72. The summed E-state index contributed by atoms with van der Waals surface area (Å²) < 4.78 is 0. The van der Waals surface area contributed by atoms with Crippen LogP contribution in [0.5, 0.6) is 0 Å². The van der Waals surface area contributed by atoms with Crippen LogP contribution in [0.1, 0.15) is 58.2 Å². The van der Waals surface area contributed by atoms with Gasteiger partial charge in [-0.1, -0.05) is 74.9 Å². The van der Waals surface area contributed by atoms with Gasteiger partial charge in [0.25, 0.3) is 5.91 Å². The van der Waals surface area contributed by atoms with Crippen molar-refractivity contribution in [2.75, 3.05) is 5.32 Å². The molecule has 0 saturated heterocycles. The van der Waals surface area contributed by atoms with Crippen LogP contribution in [0.2, 0.25) is 0 Å². The van der Waals surface area contributed by atoms with Crippen LogP contribution >= 0.6 is 0 Å². The molecule has 0 spiro atoms. The van der Waals surface area contributed by atoms with Crippen molar-refractivity contribution in [3.8, 4) is 0 Å². The number of rotatable bonds is 4. The number of carbonyl (C=O) groups is 2. The molecule has 0 radical (unpaired) electrons. The summed E-state index contributed by atoms with van der Waals surface area (Å²) >= 11 is 0. The minimum absolute atomic E-state index is 0.0290. The Morgan fingerprint density at radius 1 is 0.786 bits per heavy atom. The van der Waals surface area contributed by atoms with Gasteiger partial charge in [0.05, 0.1) is 5.69 Å². The van der Waals surface area contributed by atoms with Crippen molar-refractivity contribution in [2.24, 2.45) is 0 Å². The second kappa shape index (κ2) is 7.81. The van der Waals surface area contributed by atoms with Crippen molar-refractivity contribution >= 4 is 17.4 Å². The highest BCUT2D eigenvalue weighted by atomic mass is 16.1. The van der Waals surface area contributed by atoms with Gasteiger partial charge in [0.2, 0.25) is 0 Å². The SMILES string of the molecule is Cc1ccc(NC(=O)c2ccc(C(C)(C)C)cc2)c(C(=O)c2ccccc2)c1. The zero-order chi connectivity index (χ0) is 20.3. The molecule has 0 aromatic heterocycles. The topological polar surface area (TPSA) is 46.2 Å². The zero-order valence-electron chi connectivity index (χ0n) is 16.7. The van der Waals surface area contributed by atoms with E-state index in [2.05, 4.69) is 26.1 Å². The van der Waals surface area contributed by atoms with E-state index in [4.69, 9.17) is 0 Å². The van der Waals surface area contributed by atoms with Gasteiger partial charge in [-0.05, 0) is 42.2 Å². The van der Waals surface area contributed by atoms with Gasteiger partial charge in [-0.3, -0.25) is 9.59 Å². The largest absolute Gasteiger partial charge is 0.321 e. The second-order valence-electron chi connectivity index (χ2n) is 8.03. The van der Waals surface area contributed by atoms with E-state index in [1.807, 2.05) is 61.5 Å². The number of benzene rings is 3. The van der Waals surface area contributed by atoms with Crippen molar-refractivity contribution in [1.82, 2.24) is 0 Å². The summed E-state index contributed by atoms with van der Waals surface area (Å²) in [5.74, 6) is -0.339. The average molecular weight is 371 g/mol. The Kier molecular flexibility index (Phi) is 5.46. The molecule has 0 aliphatic carbocycles. The molecule has 0 unspecified atom stereocenters. The first-order valence-corrected chi connectivity index (χ1v) is 9.38. The first kappa shape index (κ1) is 19.6. The van der Waals surface area contributed by atoms with Crippen LogP contribution in [-0.4, -0.2) is 11.7 Å². The molecular weight excluding hydrogens is 346 g/mol. The van der Waals surface area contributed by atoms with E-state index < -0.39 is 0 Å². The van der Waals surface area contributed by atoms with E-state index in [-0.39, 0.29) is 17.1 Å². The first-order valence-electron chi connectivity index (χ1n) is 9.38. The zero-order valence-corrected chi connectivity index (χ0v) is 16.7. The van der Waals surface area contributed by atoms with Crippen molar-refractivity contribution in [3.05, 3.63) is 101 Å². The molecule has 0 aliphatic heterocycles. The fourth-order valence-corrected chi connectivity index (χ4v) is 3.02. The van der Waals surface area contributed by atoms with Crippen LogP contribution in [0.3, 0.4) is 0 Å². The fourth-order valence-electron chi connectivity index (χ4n) is 3.02. The Labute approximate surface area is 166 Å². The van der Waals surface area contributed by atoms with Crippen LogP contribution in [0.25, 0.3) is 0 Å². The summed E-state index contributed by atoms with van der Waals surface area (Å²) in [6.07, 6.45) is 0. The smallest absolute Gasteiger partial charge is 0.255 e. The lowest BCUT2D eigenvalue weighted by atomic mass is 9.86. The average Bonchev–Trinajstić information content (AvgIpc) is 2.69. The number of carbonyl (C=O) groups excluding carboxylic acids is 2. The summed E-state index contributed by atoms with van der Waals surface area (Å²) in [4.78, 5) is 25.7. The number of nitrogens with one attached hydrogen (secondary N) is 1. The molecule has 3 rings (SSSR count). The van der Waals surface area contributed by atoms with Crippen molar-refractivity contribution in [1.29, 1.82) is 0 Å². The quantitative estimate of drug-likeness (QED) is 0.591. The normalized spacial score (nSPS) is 11.1. The van der Waals surface area contributed by atoms with Gasteiger partial charge in [-0.2, -0.15) is 0 Å². The van der Waals surface area contributed by atoms with E-state index >= 15 is 0 Å². The monoisotopic (exact) mass is 371 g/mol. The van der Waals surface area contributed by atoms with Gasteiger partial charge in [0, 0.05) is 16.7 Å². The molecule has 3 heteroatoms. The van der Waals surface area contributed by atoms with Gasteiger partial charge < -0.3 is 5.32 Å². The number of anilines is 1. The standard InChI is InChI=1S/C25H25NO2/c1-17-10-15-22(21(16-17)23(27)18-8-6-5-7-9-18)26-24(28)19-11-13-20(14-12-19)25(2,3)4/h5-16H,1-4H3,(H,26,28). The van der Waals surface area contributed by atoms with Crippen molar-refractivity contribution in [3.63, 3.8) is 0 Å². The molecule has 1 amide bonds. The minimum Gasteiger partial charge on any atom is -0.321 e. The van der Waals surface area contributed by atoms with Crippen LogP contribution in [0.4, 0.5) is 5.69 Å². The van der Waals surface area contributed by atoms with Crippen LogP contribution in [-0.2, 0) is 5.41 Å². The molecular formula is C25H25NO2. The number of hydrogen-bond acceptors (Lipinski definition) is 2. The Morgan fingerprint density at radius 2 is 1.43 bits per heavy atom. The third-order valence-electron chi connectivity index (χ3n) is 4.72. The van der Waals surface area contributed by atoms with Gasteiger partial charge in [0.1, 0.15) is 0 Å². The maximum atomic E-state index is 12.9. The summed E-state index contributed by atoms with van der Waals surface area (Å²) in [6, 6.07) is 22.2. The highest BCUT2D eigenvalue weighted by Gasteiger charge is 2.17. The van der Waals surface area contributed by atoms with E-state index in [0.29, 0.717) is 22.4 Å². The second-order valence-corrected chi connectivity index (χ2v) is 8.03. The first-order chi connectivity index (χ1) is 13.3. The van der Waals surface area contributed by atoms with E-state index in [1.54, 1.807) is 18.2 Å². The maximum absolute atomic E-state index is 12.9. The molecule has 3 nitrogen and oxygen atoms in total. The van der Waals surface area contributed by atoms with Gasteiger partial charge >= 0.3 is 0 Å². The lowest BCUT2D eigenvalue weighted by molar-refractivity contribution is 0.102. The Balaban J connectivity index is 1.88. The highest BCUT2D eigenvalue weighted by Crippen LogP contribution is 2.24. The van der Waals surface area contributed by atoms with Crippen LogP contribution < -0.4 is 5.32 Å². The Morgan fingerprint density at radius 3 is 2.04 bits per heavy atom. The molecule has 3 aromatic rings. The van der Waals surface area contributed by atoms with E-state index in [1.165, 1.54) is 5.56 Å². The fraction of sp³-hybridized carbons (Fsp3) is 0.200. The summed E-state index contributed by atoms with van der Waals surface area (Å²) in [5, 5.41) is 2.90. The van der Waals surface area contributed by atoms with Gasteiger partial charge in [-0.25, -0.2) is 0 Å². The van der Waals surface area contributed by atoms with Crippen molar-refractivity contribution in [2.45, 2.75) is 33.1 Å². The lowest BCUT2D eigenvalue weighted by Crippen LogP contribution is -2.16. The molecule has 0 atom stereocenters. The highest BCUT2D eigenvalue weighted by molar-refractivity contribution is 6.15. The summed E-state index contributed by atoms with van der Waals surface area (Å²) in [5.41, 5.74) is 4.33. The lowest BCUT2D eigenvalue weighted by Gasteiger charge is -2.19. The number of aryl methyl sites for hydroxylation is 1. The minimum atomic E-state index is -0.230. The van der Waals surface area contributed by atoms with Gasteiger partial charge in [-0.15, -0.1) is 0 Å². The predicted octanol–water partition coefficient (Wildman–Crippen LogP) is 5.78. The van der Waals surface area contributed by atoms with E-state index in [0.717, 1.165) is 5.56 Å². The number of ketones is 1. The Hall–Kier alpha value is -3.20. The van der Waals surface area contributed by atoms with Crippen LogP contribution in [0.15, 0.2) is 72.8 Å². The molecule has 3 aromatic carbocycles. The molecule has 0 aliphatic rings. The van der Waals surface area contributed by atoms with Crippen LogP contribution in [0, 0.1) is 6.92 Å². The molecule has 0 bridgehead atoms. The Bertz CT molecular complexity index is 997. The predicted molar refractivity (Wildman–Crippen MR) is 114 cm³/mol.